The normalized spacial score (nSPS) is 14.9. The van der Waals surface area contributed by atoms with Crippen LogP contribution in [0.4, 0.5) is 14.6 Å². The highest BCUT2D eigenvalue weighted by Crippen LogP contribution is 2.32. The van der Waals surface area contributed by atoms with Gasteiger partial charge in [0, 0.05) is 55.3 Å². The number of piperidine rings is 1. The van der Waals surface area contributed by atoms with Gasteiger partial charge in [0.25, 0.3) is 0 Å². The summed E-state index contributed by atoms with van der Waals surface area (Å²) in [6.45, 7) is 1.94. The van der Waals surface area contributed by atoms with E-state index in [9.17, 15) is 8.78 Å². The van der Waals surface area contributed by atoms with Crippen LogP contribution in [-0.4, -0.2) is 39.1 Å². The molecule has 0 spiro atoms. The summed E-state index contributed by atoms with van der Waals surface area (Å²) >= 11 is 0. The Morgan fingerprint density at radius 1 is 0.969 bits per heavy atom. The van der Waals surface area contributed by atoms with Crippen LogP contribution in [0.3, 0.4) is 0 Å². The molecule has 2 aromatic carbocycles. The molecule has 0 aliphatic carbocycles. The third-order valence-corrected chi connectivity index (χ3v) is 6.14. The topological polar surface area (TPSA) is 58.9 Å². The van der Waals surface area contributed by atoms with E-state index < -0.39 is 11.6 Å². The number of rotatable bonds is 5. The number of anilines is 1. The zero-order valence-corrected chi connectivity index (χ0v) is 17.8. The molecule has 0 unspecified atom stereocenters. The Kier molecular flexibility index (Phi) is 5.53. The summed E-state index contributed by atoms with van der Waals surface area (Å²) in [5, 5.41) is 18.9. The van der Waals surface area contributed by atoms with Gasteiger partial charge in [0.15, 0.2) is 17.5 Å². The number of nitrogens with one attached hydrogen (secondary N) is 1. The lowest BCUT2D eigenvalue weighted by molar-refractivity contribution is 0.406. The smallest absolute Gasteiger partial charge is 0.163 e. The van der Waals surface area contributed by atoms with Crippen molar-refractivity contribution < 1.29 is 8.78 Å². The summed E-state index contributed by atoms with van der Waals surface area (Å²) in [7, 11) is 1.90. The van der Waals surface area contributed by atoms with Gasteiger partial charge in [-0.1, -0.05) is 36.4 Å². The second kappa shape index (κ2) is 8.63. The van der Waals surface area contributed by atoms with E-state index in [0.29, 0.717) is 12.1 Å². The van der Waals surface area contributed by atoms with Crippen molar-refractivity contribution >= 4 is 16.6 Å². The molecule has 164 valence electrons. The van der Waals surface area contributed by atoms with Gasteiger partial charge in [-0.3, -0.25) is 4.68 Å². The van der Waals surface area contributed by atoms with Crippen LogP contribution in [0.2, 0.25) is 0 Å². The maximum Gasteiger partial charge on any atom is 0.163 e. The van der Waals surface area contributed by atoms with Crippen LogP contribution in [0.5, 0.6) is 0 Å². The maximum atomic E-state index is 13.9. The van der Waals surface area contributed by atoms with Crippen molar-refractivity contribution in [3.8, 4) is 11.4 Å². The molecule has 0 bridgehead atoms. The maximum absolute atomic E-state index is 13.9. The van der Waals surface area contributed by atoms with Gasteiger partial charge in [0.05, 0.1) is 5.69 Å². The first-order valence-corrected chi connectivity index (χ1v) is 10.8. The highest BCUT2D eigenvalue weighted by Gasteiger charge is 2.23. The molecule has 3 heterocycles. The van der Waals surface area contributed by atoms with E-state index in [0.717, 1.165) is 60.0 Å². The number of hydrogen-bond acceptors (Lipinski definition) is 5. The van der Waals surface area contributed by atoms with Gasteiger partial charge in [-0.05, 0) is 25.0 Å². The van der Waals surface area contributed by atoms with Gasteiger partial charge in [0.2, 0.25) is 0 Å². The predicted octanol–water partition coefficient (Wildman–Crippen LogP) is 4.07. The number of fused-ring (bicyclic) bond motifs is 1. The van der Waals surface area contributed by atoms with Crippen molar-refractivity contribution in [2.24, 2.45) is 7.05 Å². The molecule has 1 fully saturated rings. The van der Waals surface area contributed by atoms with Crippen molar-refractivity contribution in [2.45, 2.75) is 25.4 Å². The van der Waals surface area contributed by atoms with E-state index in [1.54, 1.807) is 16.9 Å². The molecule has 0 amide bonds. The van der Waals surface area contributed by atoms with Crippen LogP contribution < -0.4 is 10.2 Å². The first-order valence-electron chi connectivity index (χ1n) is 10.8. The third-order valence-electron chi connectivity index (χ3n) is 6.14. The molecular weight excluding hydrogens is 410 g/mol. The van der Waals surface area contributed by atoms with Gasteiger partial charge >= 0.3 is 0 Å². The van der Waals surface area contributed by atoms with E-state index in [2.05, 4.69) is 37.6 Å². The largest absolute Gasteiger partial charge is 0.354 e. The highest BCUT2D eigenvalue weighted by atomic mass is 19.2. The van der Waals surface area contributed by atoms with Crippen LogP contribution >= 0.6 is 0 Å². The van der Waals surface area contributed by atoms with Gasteiger partial charge in [-0.2, -0.15) is 5.10 Å². The number of nitrogens with zero attached hydrogens (tertiary/aromatic N) is 5. The summed E-state index contributed by atoms with van der Waals surface area (Å²) in [5.74, 6) is -0.701. The van der Waals surface area contributed by atoms with E-state index in [1.165, 1.54) is 6.07 Å². The van der Waals surface area contributed by atoms with Gasteiger partial charge in [0.1, 0.15) is 5.69 Å². The Morgan fingerprint density at radius 3 is 2.50 bits per heavy atom. The Labute approximate surface area is 184 Å². The second-order valence-electron chi connectivity index (χ2n) is 8.11. The molecule has 0 radical (unpaired) electrons. The zero-order chi connectivity index (χ0) is 22.1. The fourth-order valence-corrected chi connectivity index (χ4v) is 4.35. The van der Waals surface area contributed by atoms with Crippen LogP contribution in [0.25, 0.3) is 22.2 Å². The number of halogens is 2. The Balaban J connectivity index is 1.31. The molecule has 1 aliphatic heterocycles. The Bertz CT molecular complexity index is 1250. The lowest BCUT2D eigenvalue weighted by atomic mass is 10.0. The molecule has 1 aliphatic rings. The van der Waals surface area contributed by atoms with Gasteiger partial charge < -0.3 is 10.2 Å². The molecule has 0 atom stereocenters. The highest BCUT2D eigenvalue weighted by molar-refractivity contribution is 5.99. The van der Waals surface area contributed by atoms with Crippen molar-refractivity contribution in [1.29, 1.82) is 0 Å². The minimum atomic E-state index is -0.806. The monoisotopic (exact) mass is 434 g/mol. The predicted molar refractivity (Wildman–Crippen MR) is 120 cm³/mol. The average molecular weight is 434 g/mol. The van der Waals surface area contributed by atoms with Crippen LogP contribution in [-0.2, 0) is 13.6 Å². The molecule has 0 saturated carbocycles. The molecule has 1 saturated heterocycles. The molecule has 8 heteroatoms. The lowest BCUT2D eigenvalue weighted by Crippen LogP contribution is -2.42. The summed E-state index contributed by atoms with van der Waals surface area (Å²) in [5.41, 5.74) is 2.10. The minimum absolute atomic E-state index is 0.238. The van der Waals surface area contributed by atoms with E-state index >= 15 is 0 Å². The van der Waals surface area contributed by atoms with Crippen LogP contribution in [0.1, 0.15) is 18.4 Å². The molecule has 2 aromatic heterocycles. The van der Waals surface area contributed by atoms with E-state index in [4.69, 9.17) is 0 Å². The number of benzene rings is 2. The second-order valence-corrected chi connectivity index (χ2v) is 8.11. The van der Waals surface area contributed by atoms with Crippen LogP contribution in [0, 0.1) is 11.6 Å². The summed E-state index contributed by atoms with van der Waals surface area (Å²) < 4.78 is 29.1. The standard InChI is InChI=1S/C24H24F2N6/c1-31-21(9-12-28-31)23-18-6-2-3-7-19(18)24(30-29-23)32-13-10-17(11-14-32)27-15-16-5-4-8-20(25)22(16)26/h2-9,12,17,27H,10-11,13-15H2,1H3. The molecule has 6 nitrogen and oxygen atoms in total. The molecule has 4 aromatic rings. The average Bonchev–Trinajstić information content (AvgIpc) is 3.25. The van der Waals surface area contributed by atoms with Gasteiger partial charge in [-0.15, -0.1) is 10.2 Å². The lowest BCUT2D eigenvalue weighted by Gasteiger charge is -2.33. The minimum Gasteiger partial charge on any atom is -0.354 e. The van der Waals surface area contributed by atoms with E-state index in [-0.39, 0.29) is 6.04 Å². The number of aryl methyl sites for hydroxylation is 1. The summed E-state index contributed by atoms with van der Waals surface area (Å²) in [6, 6.07) is 14.6. The van der Waals surface area contributed by atoms with E-state index in [1.807, 2.05) is 25.2 Å². The first-order chi connectivity index (χ1) is 15.6. The quantitative estimate of drug-likeness (QED) is 0.513. The molecular formula is C24H24F2N6. The number of aromatic nitrogens is 4. The molecule has 1 N–H and O–H groups in total. The van der Waals surface area contributed by atoms with Gasteiger partial charge in [-0.25, -0.2) is 8.78 Å². The van der Waals surface area contributed by atoms with Crippen molar-refractivity contribution in [1.82, 2.24) is 25.3 Å². The van der Waals surface area contributed by atoms with Crippen LogP contribution in [0.15, 0.2) is 54.7 Å². The van der Waals surface area contributed by atoms with Crippen molar-refractivity contribution in [3.05, 3.63) is 71.9 Å². The zero-order valence-electron chi connectivity index (χ0n) is 17.8. The first kappa shape index (κ1) is 20.5. The SMILES string of the molecule is Cn1nccc1-c1nnc(N2CCC(NCc3cccc(F)c3F)CC2)c2ccccc12. The Morgan fingerprint density at radius 2 is 1.75 bits per heavy atom. The summed E-state index contributed by atoms with van der Waals surface area (Å²) in [4.78, 5) is 2.25. The fraction of sp³-hybridized carbons (Fsp3) is 0.292. The third kappa shape index (κ3) is 3.82. The number of hydrogen-bond donors (Lipinski definition) is 1. The van der Waals surface area contributed by atoms with Crippen molar-refractivity contribution in [2.75, 3.05) is 18.0 Å². The molecule has 5 rings (SSSR count). The Hall–Kier alpha value is -3.39. The summed E-state index contributed by atoms with van der Waals surface area (Å²) in [6.07, 6.45) is 3.53. The fourth-order valence-electron chi connectivity index (χ4n) is 4.35. The van der Waals surface area contributed by atoms with Crippen molar-refractivity contribution in [3.63, 3.8) is 0 Å². The molecule has 32 heavy (non-hydrogen) atoms.